The molecule has 0 amide bonds. The molecule has 0 spiro atoms. The smallest absolute Gasteiger partial charge is 0.197 e. The van der Waals surface area contributed by atoms with Gasteiger partial charge in [0.15, 0.2) is 5.43 Å². The van der Waals surface area contributed by atoms with E-state index in [1.165, 1.54) is 12.1 Å². The number of fused-ring (bicyclic) bond motifs is 1. The van der Waals surface area contributed by atoms with Crippen LogP contribution in [-0.4, -0.2) is 66.8 Å². The first-order valence-electron chi connectivity index (χ1n) is 9.35. The van der Waals surface area contributed by atoms with Crippen molar-refractivity contribution in [2.24, 2.45) is 0 Å². The van der Waals surface area contributed by atoms with Gasteiger partial charge in [-0.05, 0) is 12.1 Å². The molecule has 7 N–H and O–H groups in total. The lowest BCUT2D eigenvalue weighted by Gasteiger charge is -2.40. The number of hydrogen-bond acceptors (Lipinski definition) is 10. The molecule has 1 aromatic heterocycles. The van der Waals surface area contributed by atoms with E-state index in [9.17, 15) is 40.5 Å². The number of aromatic hydroxyl groups is 3. The van der Waals surface area contributed by atoms with E-state index in [4.69, 9.17) is 9.15 Å². The van der Waals surface area contributed by atoms with Gasteiger partial charge in [-0.15, -0.1) is 0 Å². The largest absolute Gasteiger partial charge is 0.508 e. The summed E-state index contributed by atoms with van der Waals surface area (Å²) in [6.45, 7) is -0.702. The maximum absolute atomic E-state index is 12.7. The fraction of sp³-hybridized carbons (Fsp3) is 0.286. The molecule has 5 atom stereocenters. The Morgan fingerprint density at radius 3 is 2.35 bits per heavy atom. The Labute approximate surface area is 174 Å². The maximum atomic E-state index is 12.7. The summed E-state index contributed by atoms with van der Waals surface area (Å²) in [6, 6.07) is 8.07. The average molecular weight is 432 g/mol. The van der Waals surface area contributed by atoms with Crippen molar-refractivity contribution in [1.29, 1.82) is 0 Å². The zero-order valence-electron chi connectivity index (χ0n) is 15.9. The lowest BCUT2D eigenvalue weighted by Crippen LogP contribution is -2.55. The fourth-order valence-corrected chi connectivity index (χ4v) is 3.73. The van der Waals surface area contributed by atoms with Crippen LogP contribution in [-0.2, 0) is 4.74 Å². The highest BCUT2D eigenvalue weighted by Crippen LogP contribution is 2.44. The number of aliphatic hydroxyl groups excluding tert-OH is 4. The molecule has 1 fully saturated rings. The Kier molecular flexibility index (Phi) is 5.33. The summed E-state index contributed by atoms with van der Waals surface area (Å²) in [6.07, 6.45) is -7.97. The molecule has 10 heteroatoms. The van der Waals surface area contributed by atoms with Gasteiger partial charge >= 0.3 is 0 Å². The quantitative estimate of drug-likeness (QED) is 0.300. The summed E-state index contributed by atoms with van der Waals surface area (Å²) in [5.41, 5.74) is -0.866. The topological polar surface area (TPSA) is 181 Å². The van der Waals surface area contributed by atoms with Gasteiger partial charge in [0.05, 0.1) is 12.2 Å². The van der Waals surface area contributed by atoms with Crippen molar-refractivity contribution < 1.29 is 44.9 Å². The predicted octanol–water partition coefficient (Wildman–Crippen LogP) is 0.0917. The maximum Gasteiger partial charge on any atom is 0.197 e. The van der Waals surface area contributed by atoms with Crippen molar-refractivity contribution in [3.63, 3.8) is 0 Å². The van der Waals surface area contributed by atoms with Crippen molar-refractivity contribution in [2.45, 2.75) is 30.5 Å². The Morgan fingerprint density at radius 2 is 1.68 bits per heavy atom. The van der Waals surface area contributed by atoms with Crippen molar-refractivity contribution in [2.75, 3.05) is 6.61 Å². The lowest BCUT2D eigenvalue weighted by molar-refractivity contribution is -0.232. The lowest BCUT2D eigenvalue weighted by atomic mass is 9.89. The molecule has 2 aromatic carbocycles. The highest BCUT2D eigenvalue weighted by molar-refractivity contribution is 5.88. The molecule has 0 bridgehead atoms. The first-order valence-corrected chi connectivity index (χ1v) is 9.35. The van der Waals surface area contributed by atoms with Crippen molar-refractivity contribution in [1.82, 2.24) is 0 Å². The molecule has 164 valence electrons. The zero-order chi connectivity index (χ0) is 22.4. The molecule has 1 saturated heterocycles. The molecule has 2 heterocycles. The summed E-state index contributed by atoms with van der Waals surface area (Å²) < 4.78 is 11.0. The van der Waals surface area contributed by atoms with Gasteiger partial charge in [0.25, 0.3) is 0 Å². The van der Waals surface area contributed by atoms with E-state index < -0.39 is 59.6 Å². The number of hydrogen-bond donors (Lipinski definition) is 7. The normalized spacial score (nSPS) is 26.3. The highest BCUT2D eigenvalue weighted by atomic mass is 16.5. The molecule has 31 heavy (non-hydrogen) atoms. The summed E-state index contributed by atoms with van der Waals surface area (Å²) >= 11 is 0. The third-order valence-corrected chi connectivity index (χ3v) is 5.32. The van der Waals surface area contributed by atoms with Crippen LogP contribution in [0.15, 0.2) is 45.6 Å². The second-order valence-electron chi connectivity index (χ2n) is 7.31. The molecule has 5 unspecified atom stereocenters. The van der Waals surface area contributed by atoms with Crippen LogP contribution >= 0.6 is 0 Å². The number of phenolic OH excluding ortho intramolecular Hbond substituents is 3. The van der Waals surface area contributed by atoms with Crippen molar-refractivity contribution in [3.05, 3.63) is 52.2 Å². The van der Waals surface area contributed by atoms with Gasteiger partial charge in [-0.3, -0.25) is 4.79 Å². The minimum atomic E-state index is -1.77. The Morgan fingerprint density at radius 1 is 0.935 bits per heavy atom. The Balaban J connectivity index is 1.86. The summed E-state index contributed by atoms with van der Waals surface area (Å²) in [7, 11) is 0. The number of benzene rings is 2. The number of ether oxygens (including phenoxy) is 1. The molecule has 0 radical (unpaired) electrons. The van der Waals surface area contributed by atoms with E-state index in [0.29, 0.717) is 5.56 Å². The summed E-state index contributed by atoms with van der Waals surface area (Å²) in [5.74, 6) is -1.32. The molecule has 0 aliphatic carbocycles. The molecule has 4 rings (SSSR count). The Hall–Kier alpha value is -3.15. The van der Waals surface area contributed by atoms with E-state index in [1.807, 2.05) is 0 Å². The van der Waals surface area contributed by atoms with E-state index in [0.717, 1.165) is 12.1 Å². The third-order valence-electron chi connectivity index (χ3n) is 5.32. The van der Waals surface area contributed by atoms with Gasteiger partial charge < -0.3 is 44.9 Å². The van der Waals surface area contributed by atoms with Crippen molar-refractivity contribution in [3.8, 4) is 28.6 Å². The van der Waals surface area contributed by atoms with Gasteiger partial charge in [-0.1, -0.05) is 12.1 Å². The first kappa shape index (κ1) is 21.1. The van der Waals surface area contributed by atoms with Crippen LogP contribution in [0.1, 0.15) is 11.7 Å². The van der Waals surface area contributed by atoms with Crippen LogP contribution in [0.3, 0.4) is 0 Å². The Bertz CT molecular complexity index is 1180. The van der Waals surface area contributed by atoms with E-state index >= 15 is 0 Å². The second-order valence-corrected chi connectivity index (χ2v) is 7.31. The van der Waals surface area contributed by atoms with Gasteiger partial charge in [0.2, 0.25) is 0 Å². The standard InChI is InChI=1S/C21H20O10/c22-7-14-17(26)19(28)20(29)21(31-14)16-11(25)6-13-15(18(16)27)10(24)5-12(30-13)8-2-1-3-9(23)4-8/h1-6,14,17,19-23,25-29H,7H2. The van der Waals surface area contributed by atoms with Crippen molar-refractivity contribution >= 4 is 11.0 Å². The molecule has 1 aliphatic heterocycles. The SMILES string of the molecule is O=c1cc(-c2cccc(O)c2)oc2cc(O)c(C3OC(CO)C(O)C(O)C3O)c(O)c12. The van der Waals surface area contributed by atoms with Gasteiger partial charge in [-0.2, -0.15) is 0 Å². The van der Waals surface area contributed by atoms with Gasteiger partial charge in [0, 0.05) is 17.7 Å². The molecule has 1 aliphatic rings. The minimum absolute atomic E-state index is 0.0519. The summed E-state index contributed by atoms with van der Waals surface area (Å²) in [5, 5.41) is 70.2. The van der Waals surface area contributed by atoms with Crippen LogP contribution < -0.4 is 5.43 Å². The van der Waals surface area contributed by atoms with E-state index in [1.54, 1.807) is 12.1 Å². The molecular weight excluding hydrogens is 412 g/mol. The second kappa shape index (κ2) is 7.84. The van der Waals surface area contributed by atoms with Crippen LogP contribution in [0, 0.1) is 0 Å². The van der Waals surface area contributed by atoms with Crippen LogP contribution in [0.4, 0.5) is 0 Å². The summed E-state index contributed by atoms with van der Waals surface area (Å²) in [4.78, 5) is 12.7. The van der Waals surface area contributed by atoms with E-state index in [2.05, 4.69) is 0 Å². The number of aliphatic hydroxyl groups is 4. The molecular formula is C21H20O10. The molecule has 3 aromatic rings. The fourth-order valence-electron chi connectivity index (χ4n) is 3.73. The monoisotopic (exact) mass is 432 g/mol. The van der Waals surface area contributed by atoms with E-state index in [-0.39, 0.29) is 22.5 Å². The molecule has 10 nitrogen and oxygen atoms in total. The van der Waals surface area contributed by atoms with Crippen LogP contribution in [0.2, 0.25) is 0 Å². The predicted molar refractivity (Wildman–Crippen MR) is 106 cm³/mol. The minimum Gasteiger partial charge on any atom is -0.508 e. The van der Waals surface area contributed by atoms with Crippen LogP contribution in [0.5, 0.6) is 17.2 Å². The number of phenols is 3. The third kappa shape index (κ3) is 3.50. The highest BCUT2D eigenvalue weighted by Gasteiger charge is 2.46. The zero-order valence-corrected chi connectivity index (χ0v) is 15.9. The average Bonchev–Trinajstić information content (AvgIpc) is 2.73. The molecule has 0 saturated carbocycles. The van der Waals surface area contributed by atoms with Gasteiger partial charge in [0.1, 0.15) is 64.5 Å². The van der Waals surface area contributed by atoms with Gasteiger partial charge in [-0.25, -0.2) is 0 Å². The van der Waals surface area contributed by atoms with Crippen LogP contribution in [0.25, 0.3) is 22.3 Å². The number of rotatable bonds is 3. The first-order chi connectivity index (χ1) is 14.7.